The summed E-state index contributed by atoms with van der Waals surface area (Å²) in [6, 6.07) is 61.9. The van der Waals surface area contributed by atoms with Gasteiger partial charge in [0.05, 0.1) is 0 Å². The summed E-state index contributed by atoms with van der Waals surface area (Å²) >= 11 is 3.68. The van der Waals surface area contributed by atoms with Crippen LogP contribution in [0.5, 0.6) is 0 Å². The molecular weight excluding hydrogens is 735 g/mol. The first-order valence-corrected chi connectivity index (χ1v) is 20.6. The van der Waals surface area contributed by atoms with Gasteiger partial charge < -0.3 is 4.42 Å². The van der Waals surface area contributed by atoms with E-state index in [9.17, 15) is 0 Å². The SMILES string of the molecule is c1ccc(-c2nc(-c3ccccc3)nc(-c3cccc4sc5cc(-c6ccc(-c7cccc8c7oc7ccccc78)c7c6sc6ccccc67)ccc5c34)n2)cc1. The third kappa shape index (κ3) is 5.15. The minimum absolute atomic E-state index is 0.658. The summed E-state index contributed by atoms with van der Waals surface area (Å²) in [5.41, 5.74) is 9.46. The van der Waals surface area contributed by atoms with E-state index in [4.69, 9.17) is 19.4 Å². The molecule has 8 aromatic carbocycles. The molecule has 4 nitrogen and oxygen atoms in total. The van der Waals surface area contributed by atoms with E-state index < -0.39 is 0 Å². The van der Waals surface area contributed by atoms with Crippen molar-refractivity contribution in [2.24, 2.45) is 0 Å². The van der Waals surface area contributed by atoms with Crippen molar-refractivity contribution in [2.45, 2.75) is 0 Å². The van der Waals surface area contributed by atoms with Crippen LogP contribution in [0.2, 0.25) is 0 Å². The van der Waals surface area contributed by atoms with Gasteiger partial charge in [-0.15, -0.1) is 22.7 Å². The van der Waals surface area contributed by atoms with E-state index in [1.54, 1.807) is 0 Å². The van der Waals surface area contributed by atoms with Crippen molar-refractivity contribution >= 4 is 85.0 Å². The Balaban J connectivity index is 1.04. The van der Waals surface area contributed by atoms with Crippen molar-refractivity contribution < 1.29 is 4.42 Å². The van der Waals surface area contributed by atoms with Gasteiger partial charge >= 0.3 is 0 Å². The van der Waals surface area contributed by atoms with Gasteiger partial charge in [0.15, 0.2) is 17.5 Å². The largest absolute Gasteiger partial charge is 0.455 e. The van der Waals surface area contributed by atoms with E-state index in [-0.39, 0.29) is 0 Å². The van der Waals surface area contributed by atoms with Crippen LogP contribution in [-0.2, 0) is 0 Å². The number of hydrogen-bond acceptors (Lipinski definition) is 6. The van der Waals surface area contributed by atoms with Gasteiger partial charge in [-0.05, 0) is 41.0 Å². The van der Waals surface area contributed by atoms with E-state index in [1.165, 1.54) is 51.6 Å². The second-order valence-electron chi connectivity index (χ2n) is 14.3. The van der Waals surface area contributed by atoms with Crippen LogP contribution in [0, 0.1) is 0 Å². The zero-order valence-electron chi connectivity index (χ0n) is 30.3. The maximum absolute atomic E-state index is 6.56. The molecule has 0 aliphatic heterocycles. The molecule has 266 valence electrons. The molecule has 0 bridgehead atoms. The van der Waals surface area contributed by atoms with Gasteiger partial charge in [0.25, 0.3) is 0 Å². The lowest BCUT2D eigenvalue weighted by molar-refractivity contribution is 0.670. The van der Waals surface area contributed by atoms with Crippen molar-refractivity contribution in [3.8, 4) is 56.4 Å². The van der Waals surface area contributed by atoms with Gasteiger partial charge in [0.2, 0.25) is 0 Å². The molecule has 0 atom stereocenters. The molecule has 0 N–H and O–H groups in total. The zero-order valence-corrected chi connectivity index (χ0v) is 31.9. The first-order chi connectivity index (χ1) is 28.2. The molecule has 0 fully saturated rings. The Bertz CT molecular complexity index is 3470. The van der Waals surface area contributed by atoms with Gasteiger partial charge in [0, 0.05) is 73.4 Å². The number of rotatable bonds is 5. The zero-order chi connectivity index (χ0) is 37.5. The van der Waals surface area contributed by atoms with Crippen molar-refractivity contribution in [3.63, 3.8) is 0 Å². The first kappa shape index (κ1) is 32.3. The minimum atomic E-state index is 0.658. The van der Waals surface area contributed by atoms with Crippen LogP contribution >= 0.6 is 22.7 Å². The number of benzene rings is 8. The van der Waals surface area contributed by atoms with Gasteiger partial charge in [0.1, 0.15) is 11.2 Å². The van der Waals surface area contributed by atoms with Gasteiger partial charge in [-0.25, -0.2) is 15.0 Å². The number of aromatic nitrogens is 3. The molecule has 0 aliphatic rings. The molecule has 0 unspecified atom stereocenters. The molecule has 6 heteroatoms. The van der Waals surface area contributed by atoms with Crippen LogP contribution in [0.1, 0.15) is 0 Å². The highest BCUT2D eigenvalue weighted by molar-refractivity contribution is 7.26. The summed E-state index contributed by atoms with van der Waals surface area (Å²) in [5.74, 6) is 1.98. The first-order valence-electron chi connectivity index (χ1n) is 18.9. The highest BCUT2D eigenvalue weighted by Crippen LogP contribution is 2.48. The number of nitrogens with zero attached hydrogens (tertiary/aromatic N) is 3. The molecule has 0 radical (unpaired) electrons. The quantitative estimate of drug-likeness (QED) is 0.175. The smallest absolute Gasteiger partial charge is 0.164 e. The third-order valence-corrected chi connectivity index (χ3v) is 13.3. The number of thiophene rings is 2. The van der Waals surface area contributed by atoms with Gasteiger partial charge in [-0.1, -0.05) is 152 Å². The average molecular weight is 764 g/mol. The predicted octanol–water partition coefficient (Wildman–Crippen LogP) is 14.8. The molecule has 0 spiro atoms. The Morgan fingerprint density at radius 2 is 0.965 bits per heavy atom. The van der Waals surface area contributed by atoms with Crippen molar-refractivity contribution in [2.75, 3.05) is 0 Å². The number of hydrogen-bond donors (Lipinski definition) is 0. The van der Waals surface area contributed by atoms with Crippen LogP contribution in [0.15, 0.2) is 180 Å². The maximum Gasteiger partial charge on any atom is 0.164 e. The molecule has 4 aromatic heterocycles. The number of furan rings is 1. The van der Waals surface area contributed by atoms with Crippen molar-refractivity contribution in [1.29, 1.82) is 0 Å². The third-order valence-electron chi connectivity index (χ3n) is 11.0. The summed E-state index contributed by atoms with van der Waals surface area (Å²) in [4.78, 5) is 15.1. The van der Waals surface area contributed by atoms with Crippen LogP contribution in [0.4, 0.5) is 0 Å². The average Bonchev–Trinajstić information content (AvgIpc) is 3.98. The predicted molar refractivity (Wildman–Crippen MR) is 240 cm³/mol. The fourth-order valence-electron chi connectivity index (χ4n) is 8.35. The highest BCUT2D eigenvalue weighted by Gasteiger charge is 2.21. The second-order valence-corrected chi connectivity index (χ2v) is 16.4. The standard InChI is InChI=1S/C51H29N3OS2/c1-3-13-30(14-4-1)49-52-50(31-15-5-2-6-16-31)54-51(53-49)40-21-12-24-43-45(40)39-26-25-32(29-44(39)56-43)33-27-28-35(46-38-18-8-10-23-42(38)57-48(33)46)37-20-11-19-36-34-17-7-9-22-41(34)55-47(36)37/h1-29H. The lowest BCUT2D eigenvalue weighted by atomic mass is 9.93. The van der Waals surface area contributed by atoms with E-state index in [1.807, 2.05) is 65.1 Å². The Morgan fingerprint density at radius 1 is 0.351 bits per heavy atom. The van der Waals surface area contributed by atoms with Crippen LogP contribution in [0.3, 0.4) is 0 Å². The topological polar surface area (TPSA) is 51.8 Å². The Morgan fingerprint density at radius 3 is 1.77 bits per heavy atom. The van der Waals surface area contributed by atoms with Gasteiger partial charge in [-0.2, -0.15) is 0 Å². The van der Waals surface area contributed by atoms with E-state index in [0.717, 1.165) is 49.6 Å². The molecule has 12 aromatic rings. The summed E-state index contributed by atoms with van der Waals surface area (Å²) in [5, 5.41) is 7.16. The molecule has 0 saturated heterocycles. The fourth-order valence-corrected chi connectivity index (χ4v) is 10.8. The molecule has 0 aliphatic carbocycles. The van der Waals surface area contributed by atoms with E-state index in [0.29, 0.717) is 17.5 Å². The fraction of sp³-hybridized carbons (Fsp3) is 0. The maximum atomic E-state index is 6.56. The number of fused-ring (bicyclic) bond motifs is 9. The molecule has 12 rings (SSSR count). The Hall–Kier alpha value is -6.99. The highest BCUT2D eigenvalue weighted by atomic mass is 32.1. The van der Waals surface area contributed by atoms with Gasteiger partial charge in [-0.3, -0.25) is 0 Å². The normalized spacial score (nSPS) is 11.9. The van der Waals surface area contributed by atoms with Crippen LogP contribution < -0.4 is 0 Å². The summed E-state index contributed by atoms with van der Waals surface area (Å²) in [6.45, 7) is 0. The lowest BCUT2D eigenvalue weighted by Crippen LogP contribution is -2.00. The summed E-state index contributed by atoms with van der Waals surface area (Å²) in [7, 11) is 0. The van der Waals surface area contributed by atoms with Crippen LogP contribution in [0.25, 0.3) is 119 Å². The second kappa shape index (κ2) is 12.8. The molecule has 0 saturated carbocycles. The van der Waals surface area contributed by atoms with E-state index in [2.05, 4.69) is 133 Å². The minimum Gasteiger partial charge on any atom is -0.455 e. The molecule has 57 heavy (non-hydrogen) atoms. The molecular formula is C51H29N3OS2. The van der Waals surface area contributed by atoms with Crippen molar-refractivity contribution in [1.82, 2.24) is 15.0 Å². The van der Waals surface area contributed by atoms with Crippen molar-refractivity contribution in [3.05, 3.63) is 176 Å². The lowest BCUT2D eigenvalue weighted by Gasteiger charge is -2.11. The number of para-hydroxylation sites is 2. The molecule has 0 amide bonds. The van der Waals surface area contributed by atoms with Crippen LogP contribution in [-0.4, -0.2) is 15.0 Å². The van der Waals surface area contributed by atoms with E-state index >= 15 is 0 Å². The monoisotopic (exact) mass is 763 g/mol. The summed E-state index contributed by atoms with van der Waals surface area (Å²) < 4.78 is 11.5. The summed E-state index contributed by atoms with van der Waals surface area (Å²) in [6.07, 6.45) is 0. The Labute approximate surface area is 335 Å². The molecule has 4 heterocycles. The Kier molecular flexibility index (Phi) is 7.24.